The maximum Gasteiger partial charge on any atom is 0.311 e. The zero-order chi connectivity index (χ0) is 15.7. The SMILES string of the molecule is COC(=O)C1CC(=O)N(c2nc(-c3ccc(C)cc3)cs2)C1. The summed E-state index contributed by atoms with van der Waals surface area (Å²) in [6.45, 7) is 2.37. The molecule has 1 amide bonds. The van der Waals surface area contributed by atoms with Gasteiger partial charge in [0.25, 0.3) is 0 Å². The van der Waals surface area contributed by atoms with E-state index in [0.29, 0.717) is 11.7 Å². The summed E-state index contributed by atoms with van der Waals surface area (Å²) in [6.07, 6.45) is 0.187. The van der Waals surface area contributed by atoms with Crippen LogP contribution in [0.5, 0.6) is 0 Å². The Morgan fingerprint density at radius 2 is 2.09 bits per heavy atom. The van der Waals surface area contributed by atoms with Crippen molar-refractivity contribution in [3.05, 3.63) is 35.2 Å². The van der Waals surface area contributed by atoms with Gasteiger partial charge in [-0.05, 0) is 6.92 Å². The third-order valence-corrected chi connectivity index (χ3v) is 4.59. The number of aryl methyl sites for hydroxylation is 1. The number of methoxy groups -OCH3 is 1. The molecule has 6 heteroatoms. The Kier molecular flexibility index (Phi) is 3.94. The fourth-order valence-electron chi connectivity index (χ4n) is 2.46. The Balaban J connectivity index is 1.80. The first kappa shape index (κ1) is 14.7. The average molecular weight is 316 g/mol. The molecule has 22 heavy (non-hydrogen) atoms. The molecule has 1 fully saturated rings. The Morgan fingerprint density at radius 1 is 1.36 bits per heavy atom. The molecule has 1 aliphatic heterocycles. The zero-order valence-corrected chi connectivity index (χ0v) is 13.2. The highest BCUT2D eigenvalue weighted by Crippen LogP contribution is 2.31. The summed E-state index contributed by atoms with van der Waals surface area (Å²) >= 11 is 1.41. The molecule has 3 rings (SSSR count). The van der Waals surface area contributed by atoms with Crippen LogP contribution >= 0.6 is 11.3 Å². The van der Waals surface area contributed by atoms with Gasteiger partial charge >= 0.3 is 5.97 Å². The third-order valence-electron chi connectivity index (χ3n) is 3.73. The second-order valence-electron chi connectivity index (χ2n) is 5.31. The van der Waals surface area contributed by atoms with Crippen LogP contribution in [0.2, 0.25) is 0 Å². The van der Waals surface area contributed by atoms with Gasteiger partial charge in [0.15, 0.2) is 5.13 Å². The van der Waals surface area contributed by atoms with Crippen molar-refractivity contribution in [1.29, 1.82) is 0 Å². The standard InChI is InChI=1S/C16H16N2O3S/c1-10-3-5-11(6-4-10)13-9-22-16(17-13)18-8-12(7-14(18)19)15(20)21-2/h3-6,9,12H,7-8H2,1-2H3. The summed E-state index contributed by atoms with van der Waals surface area (Å²) in [6, 6.07) is 8.08. The second-order valence-corrected chi connectivity index (χ2v) is 6.15. The Hall–Kier alpha value is -2.21. The molecule has 1 aliphatic rings. The van der Waals surface area contributed by atoms with Crippen LogP contribution in [0.1, 0.15) is 12.0 Å². The molecule has 0 spiro atoms. The lowest BCUT2D eigenvalue weighted by atomic mass is 10.1. The maximum absolute atomic E-state index is 12.1. The van der Waals surface area contributed by atoms with Crippen LogP contribution in [-0.4, -0.2) is 30.5 Å². The first-order chi connectivity index (χ1) is 10.6. The van der Waals surface area contributed by atoms with E-state index in [9.17, 15) is 9.59 Å². The number of thiazole rings is 1. The van der Waals surface area contributed by atoms with Crippen molar-refractivity contribution in [3.8, 4) is 11.3 Å². The van der Waals surface area contributed by atoms with Gasteiger partial charge in [0.1, 0.15) is 0 Å². The number of benzene rings is 1. The minimum Gasteiger partial charge on any atom is -0.469 e. The van der Waals surface area contributed by atoms with Crippen molar-refractivity contribution in [2.24, 2.45) is 5.92 Å². The van der Waals surface area contributed by atoms with Gasteiger partial charge in [0.05, 0.1) is 18.7 Å². The molecule has 1 unspecified atom stereocenters. The number of amides is 1. The molecule has 0 N–H and O–H groups in total. The van der Waals surface area contributed by atoms with E-state index in [1.807, 2.05) is 36.6 Å². The normalized spacial score (nSPS) is 17.8. The Morgan fingerprint density at radius 3 is 2.77 bits per heavy atom. The number of carbonyl (C=O) groups excluding carboxylic acids is 2. The fraction of sp³-hybridized carbons (Fsp3) is 0.312. The highest BCUT2D eigenvalue weighted by Gasteiger charge is 2.37. The molecule has 0 aliphatic carbocycles. The molecule has 1 aromatic heterocycles. The molecule has 1 saturated heterocycles. The molecule has 0 radical (unpaired) electrons. The highest BCUT2D eigenvalue weighted by molar-refractivity contribution is 7.14. The molecular formula is C16H16N2O3S. The number of anilines is 1. The fourth-order valence-corrected chi connectivity index (χ4v) is 3.32. The highest BCUT2D eigenvalue weighted by atomic mass is 32.1. The summed E-state index contributed by atoms with van der Waals surface area (Å²) in [5, 5.41) is 2.56. The molecular weight excluding hydrogens is 300 g/mol. The summed E-state index contributed by atoms with van der Waals surface area (Å²) in [5.74, 6) is -0.824. The molecule has 5 nitrogen and oxygen atoms in total. The minimum absolute atomic E-state index is 0.0831. The Labute approximate surface area is 132 Å². The van der Waals surface area contributed by atoms with Gasteiger partial charge < -0.3 is 4.74 Å². The summed E-state index contributed by atoms with van der Waals surface area (Å²) in [7, 11) is 1.34. The molecule has 114 valence electrons. The minimum atomic E-state index is -0.399. The molecule has 2 heterocycles. The van der Waals surface area contributed by atoms with Crippen molar-refractivity contribution in [3.63, 3.8) is 0 Å². The average Bonchev–Trinajstić information content (AvgIpc) is 3.14. The topological polar surface area (TPSA) is 59.5 Å². The van der Waals surface area contributed by atoms with Crippen molar-refractivity contribution >= 4 is 28.3 Å². The number of ether oxygens (including phenoxy) is 1. The first-order valence-corrected chi connectivity index (χ1v) is 7.87. The predicted molar refractivity (Wildman–Crippen MR) is 84.8 cm³/mol. The number of esters is 1. The van der Waals surface area contributed by atoms with E-state index in [2.05, 4.69) is 4.98 Å². The molecule has 0 bridgehead atoms. The molecule has 0 saturated carbocycles. The monoisotopic (exact) mass is 316 g/mol. The second kappa shape index (κ2) is 5.88. The van der Waals surface area contributed by atoms with E-state index in [0.717, 1.165) is 11.3 Å². The number of carbonyl (C=O) groups is 2. The van der Waals surface area contributed by atoms with Gasteiger partial charge in [-0.1, -0.05) is 29.8 Å². The van der Waals surface area contributed by atoms with E-state index in [-0.39, 0.29) is 18.3 Å². The smallest absolute Gasteiger partial charge is 0.311 e. The molecule has 2 aromatic rings. The Bertz CT molecular complexity index is 708. The predicted octanol–water partition coefficient (Wildman–Crippen LogP) is 2.64. The van der Waals surface area contributed by atoms with Crippen LogP contribution < -0.4 is 4.90 Å². The lowest BCUT2D eigenvalue weighted by Gasteiger charge is -2.12. The van der Waals surface area contributed by atoms with E-state index in [1.54, 1.807) is 4.90 Å². The number of hydrogen-bond donors (Lipinski definition) is 0. The summed E-state index contributed by atoms with van der Waals surface area (Å²) in [4.78, 5) is 29.8. The largest absolute Gasteiger partial charge is 0.469 e. The van der Waals surface area contributed by atoms with Crippen LogP contribution in [0.3, 0.4) is 0 Å². The first-order valence-electron chi connectivity index (χ1n) is 6.99. The number of hydrogen-bond acceptors (Lipinski definition) is 5. The van der Waals surface area contributed by atoms with Crippen LogP contribution in [-0.2, 0) is 14.3 Å². The van der Waals surface area contributed by atoms with Crippen molar-refractivity contribution in [1.82, 2.24) is 4.98 Å². The van der Waals surface area contributed by atoms with Gasteiger partial charge in [-0.3, -0.25) is 14.5 Å². The van der Waals surface area contributed by atoms with Crippen molar-refractivity contribution in [2.45, 2.75) is 13.3 Å². The van der Waals surface area contributed by atoms with Crippen LogP contribution in [0.25, 0.3) is 11.3 Å². The van der Waals surface area contributed by atoms with Crippen LogP contribution in [0, 0.1) is 12.8 Å². The lowest BCUT2D eigenvalue weighted by molar-refractivity contribution is -0.145. The van der Waals surface area contributed by atoms with Crippen LogP contribution in [0.15, 0.2) is 29.6 Å². The van der Waals surface area contributed by atoms with E-state index >= 15 is 0 Å². The lowest BCUT2D eigenvalue weighted by Crippen LogP contribution is -2.26. The maximum atomic E-state index is 12.1. The third kappa shape index (κ3) is 2.74. The zero-order valence-electron chi connectivity index (χ0n) is 12.4. The number of rotatable bonds is 3. The van der Waals surface area contributed by atoms with Gasteiger partial charge in [0.2, 0.25) is 5.91 Å². The number of nitrogens with zero attached hydrogens (tertiary/aromatic N) is 2. The number of aromatic nitrogens is 1. The van der Waals surface area contributed by atoms with Crippen molar-refractivity contribution in [2.75, 3.05) is 18.6 Å². The summed E-state index contributed by atoms with van der Waals surface area (Å²) in [5.41, 5.74) is 3.05. The van der Waals surface area contributed by atoms with E-state index < -0.39 is 5.92 Å². The molecule has 1 aromatic carbocycles. The van der Waals surface area contributed by atoms with Gasteiger partial charge in [-0.25, -0.2) is 4.98 Å². The summed E-state index contributed by atoms with van der Waals surface area (Å²) < 4.78 is 4.72. The van der Waals surface area contributed by atoms with Gasteiger partial charge in [-0.15, -0.1) is 11.3 Å². The van der Waals surface area contributed by atoms with E-state index in [1.165, 1.54) is 24.0 Å². The van der Waals surface area contributed by atoms with Crippen molar-refractivity contribution < 1.29 is 14.3 Å². The van der Waals surface area contributed by atoms with Crippen LogP contribution in [0.4, 0.5) is 5.13 Å². The van der Waals surface area contributed by atoms with E-state index in [4.69, 9.17) is 4.74 Å². The van der Waals surface area contributed by atoms with Gasteiger partial charge in [0, 0.05) is 23.9 Å². The molecule has 1 atom stereocenters. The van der Waals surface area contributed by atoms with Gasteiger partial charge in [-0.2, -0.15) is 0 Å². The quantitative estimate of drug-likeness (QED) is 0.817.